The summed E-state index contributed by atoms with van der Waals surface area (Å²) in [5.41, 5.74) is 4.38. The molecular formula is C30H25N3O6. The van der Waals surface area contributed by atoms with E-state index in [4.69, 9.17) is 28.6 Å². The van der Waals surface area contributed by atoms with E-state index < -0.39 is 18.5 Å². The van der Waals surface area contributed by atoms with Gasteiger partial charge in [-0.1, -0.05) is 0 Å². The average Bonchev–Trinajstić information content (AvgIpc) is 3.52. The minimum atomic E-state index is -0.642. The fraction of sp³-hybridized carbons (Fsp3) is 0.133. The first-order chi connectivity index (χ1) is 19.0. The highest BCUT2D eigenvalue weighted by Gasteiger charge is 2.17. The van der Waals surface area contributed by atoms with Crippen LogP contribution in [0.1, 0.15) is 16.1 Å². The van der Waals surface area contributed by atoms with Crippen LogP contribution in [0, 0.1) is 0 Å². The van der Waals surface area contributed by atoms with Gasteiger partial charge in [-0.05, 0) is 78.9 Å². The molecule has 0 aliphatic rings. The maximum Gasteiger partial charge on any atom is 0.338 e. The van der Waals surface area contributed by atoms with Crippen LogP contribution in [-0.4, -0.2) is 42.7 Å². The van der Waals surface area contributed by atoms with Gasteiger partial charge in [-0.3, -0.25) is 4.79 Å². The number of carbonyl (C=O) groups is 2. The van der Waals surface area contributed by atoms with Crippen molar-refractivity contribution in [2.24, 2.45) is 0 Å². The average molecular weight is 524 g/mol. The van der Waals surface area contributed by atoms with Crippen LogP contribution in [0.2, 0.25) is 0 Å². The number of furan rings is 1. The van der Waals surface area contributed by atoms with Crippen molar-refractivity contribution in [3.05, 3.63) is 96.4 Å². The fourth-order valence-electron chi connectivity index (χ4n) is 3.95. The van der Waals surface area contributed by atoms with E-state index in [-0.39, 0.29) is 12.1 Å². The Hall–Kier alpha value is -5.18. The molecule has 0 aliphatic heterocycles. The lowest BCUT2D eigenvalue weighted by Crippen LogP contribution is -2.28. The predicted octanol–water partition coefficient (Wildman–Crippen LogP) is 5.05. The second-order valence-electron chi connectivity index (χ2n) is 8.51. The van der Waals surface area contributed by atoms with Crippen LogP contribution in [0.5, 0.6) is 11.5 Å². The number of amides is 1. The van der Waals surface area contributed by atoms with E-state index in [1.165, 1.54) is 6.26 Å². The van der Waals surface area contributed by atoms with Gasteiger partial charge in [0.1, 0.15) is 17.3 Å². The molecule has 0 unspecified atom stereocenters. The van der Waals surface area contributed by atoms with Crippen molar-refractivity contribution in [3.63, 3.8) is 0 Å². The molecule has 3 aromatic carbocycles. The van der Waals surface area contributed by atoms with Crippen molar-refractivity contribution in [1.82, 2.24) is 15.3 Å². The van der Waals surface area contributed by atoms with Crippen molar-refractivity contribution in [3.8, 4) is 34.0 Å². The number of nitrogens with zero attached hydrogens (tertiary/aromatic N) is 2. The molecule has 0 spiro atoms. The minimum absolute atomic E-state index is 0.208. The summed E-state index contributed by atoms with van der Waals surface area (Å²) >= 11 is 0. The van der Waals surface area contributed by atoms with E-state index in [0.29, 0.717) is 28.2 Å². The number of methoxy groups -OCH3 is 2. The van der Waals surface area contributed by atoms with Gasteiger partial charge < -0.3 is 23.9 Å². The monoisotopic (exact) mass is 523 g/mol. The smallest absolute Gasteiger partial charge is 0.338 e. The Morgan fingerprint density at radius 3 is 1.97 bits per heavy atom. The first kappa shape index (κ1) is 25.5. The van der Waals surface area contributed by atoms with E-state index in [9.17, 15) is 9.59 Å². The Kier molecular flexibility index (Phi) is 7.49. The van der Waals surface area contributed by atoms with E-state index in [1.54, 1.807) is 44.6 Å². The number of benzene rings is 3. The fourth-order valence-corrected chi connectivity index (χ4v) is 3.95. The van der Waals surface area contributed by atoms with Gasteiger partial charge in [0.05, 0.1) is 55.0 Å². The third-order valence-electron chi connectivity index (χ3n) is 6.00. The molecule has 5 aromatic rings. The minimum Gasteiger partial charge on any atom is -0.497 e. The quantitative estimate of drug-likeness (QED) is 0.267. The third kappa shape index (κ3) is 5.88. The second kappa shape index (κ2) is 11.5. The highest BCUT2D eigenvalue weighted by atomic mass is 16.5. The highest BCUT2D eigenvalue weighted by Crippen LogP contribution is 2.33. The molecule has 0 aliphatic carbocycles. The summed E-state index contributed by atoms with van der Waals surface area (Å²) < 4.78 is 21.0. The Labute approximate surface area is 224 Å². The van der Waals surface area contributed by atoms with Gasteiger partial charge in [0.2, 0.25) is 0 Å². The molecule has 5 rings (SSSR count). The standard InChI is InChI=1S/C30H25N3O6/c1-36-22-10-5-19(6-11-22)28-29(20-7-12-23(37-2)13-8-20)33-26-16-21(9-14-25(26)32-28)30(35)39-18-27(34)31-17-24-4-3-15-38-24/h3-16H,17-18H2,1-2H3,(H,31,34). The first-order valence-corrected chi connectivity index (χ1v) is 12.1. The first-order valence-electron chi connectivity index (χ1n) is 12.1. The maximum absolute atomic E-state index is 12.7. The van der Waals surface area contributed by atoms with E-state index in [2.05, 4.69) is 5.32 Å². The summed E-state index contributed by atoms with van der Waals surface area (Å²) in [6, 6.07) is 23.5. The Morgan fingerprint density at radius 2 is 1.41 bits per heavy atom. The van der Waals surface area contributed by atoms with Crippen LogP contribution in [0.25, 0.3) is 33.5 Å². The van der Waals surface area contributed by atoms with Crippen LogP contribution < -0.4 is 14.8 Å². The summed E-state index contributed by atoms with van der Waals surface area (Å²) in [7, 11) is 3.22. The zero-order valence-corrected chi connectivity index (χ0v) is 21.3. The summed E-state index contributed by atoms with van der Waals surface area (Å²) in [5, 5.41) is 2.64. The Balaban J connectivity index is 1.42. The number of aromatic nitrogens is 2. The van der Waals surface area contributed by atoms with Crippen LogP contribution in [-0.2, 0) is 16.1 Å². The number of esters is 1. The van der Waals surface area contributed by atoms with Gasteiger partial charge in [-0.2, -0.15) is 0 Å². The topological polar surface area (TPSA) is 113 Å². The summed E-state index contributed by atoms with van der Waals surface area (Å²) in [6.07, 6.45) is 1.52. The Bertz CT molecular complexity index is 1600. The molecule has 1 N–H and O–H groups in total. The van der Waals surface area contributed by atoms with Gasteiger partial charge in [-0.15, -0.1) is 0 Å². The molecule has 0 saturated carbocycles. The number of hydrogen-bond acceptors (Lipinski definition) is 8. The number of rotatable bonds is 9. The van der Waals surface area contributed by atoms with E-state index in [1.807, 2.05) is 48.5 Å². The number of carbonyl (C=O) groups excluding carboxylic acids is 2. The lowest BCUT2D eigenvalue weighted by molar-refractivity contribution is -0.124. The predicted molar refractivity (Wildman–Crippen MR) is 144 cm³/mol. The zero-order chi connectivity index (χ0) is 27.2. The number of ether oxygens (including phenoxy) is 3. The van der Waals surface area contributed by atoms with Crippen LogP contribution in [0.3, 0.4) is 0 Å². The molecule has 39 heavy (non-hydrogen) atoms. The van der Waals surface area contributed by atoms with Gasteiger partial charge in [-0.25, -0.2) is 14.8 Å². The lowest BCUT2D eigenvalue weighted by atomic mass is 10.0. The number of fused-ring (bicyclic) bond motifs is 1. The maximum atomic E-state index is 12.7. The molecule has 1 amide bonds. The van der Waals surface area contributed by atoms with Crippen molar-refractivity contribution < 1.29 is 28.2 Å². The molecule has 196 valence electrons. The molecule has 2 heterocycles. The van der Waals surface area contributed by atoms with E-state index >= 15 is 0 Å². The molecule has 2 aromatic heterocycles. The number of nitrogens with one attached hydrogen (secondary N) is 1. The van der Waals surface area contributed by atoms with Gasteiger partial charge in [0, 0.05) is 11.1 Å². The SMILES string of the molecule is COc1ccc(-c2nc3ccc(C(=O)OCC(=O)NCc4ccco4)cc3nc2-c2ccc(OC)cc2)cc1. The molecule has 9 heteroatoms. The zero-order valence-electron chi connectivity index (χ0n) is 21.3. The van der Waals surface area contributed by atoms with Crippen molar-refractivity contribution in [2.45, 2.75) is 6.54 Å². The highest BCUT2D eigenvalue weighted by molar-refractivity contribution is 5.96. The van der Waals surface area contributed by atoms with Crippen molar-refractivity contribution in [1.29, 1.82) is 0 Å². The van der Waals surface area contributed by atoms with Gasteiger partial charge >= 0.3 is 5.97 Å². The molecule has 9 nitrogen and oxygen atoms in total. The molecule has 0 atom stereocenters. The van der Waals surface area contributed by atoms with Crippen LogP contribution in [0.4, 0.5) is 0 Å². The van der Waals surface area contributed by atoms with Crippen molar-refractivity contribution in [2.75, 3.05) is 20.8 Å². The lowest BCUT2D eigenvalue weighted by Gasteiger charge is -2.12. The molecule has 0 saturated heterocycles. The van der Waals surface area contributed by atoms with Crippen LogP contribution in [0.15, 0.2) is 89.5 Å². The third-order valence-corrected chi connectivity index (χ3v) is 6.00. The molecule has 0 bridgehead atoms. The summed E-state index contributed by atoms with van der Waals surface area (Å²) in [6.45, 7) is -0.212. The summed E-state index contributed by atoms with van der Waals surface area (Å²) in [5.74, 6) is 0.973. The van der Waals surface area contributed by atoms with Gasteiger partial charge in [0.15, 0.2) is 6.61 Å². The number of hydrogen-bond donors (Lipinski definition) is 1. The second-order valence-corrected chi connectivity index (χ2v) is 8.51. The Morgan fingerprint density at radius 1 is 0.795 bits per heavy atom. The van der Waals surface area contributed by atoms with Crippen LogP contribution >= 0.6 is 0 Å². The van der Waals surface area contributed by atoms with Gasteiger partial charge in [0.25, 0.3) is 5.91 Å². The van der Waals surface area contributed by atoms with E-state index in [0.717, 1.165) is 22.6 Å². The summed E-state index contributed by atoms with van der Waals surface area (Å²) in [4.78, 5) is 34.5. The largest absolute Gasteiger partial charge is 0.497 e. The molecular weight excluding hydrogens is 498 g/mol. The van der Waals surface area contributed by atoms with Crippen molar-refractivity contribution >= 4 is 22.9 Å². The molecule has 0 fully saturated rings. The molecule has 0 radical (unpaired) electrons. The normalized spacial score (nSPS) is 10.7.